The predicted molar refractivity (Wildman–Crippen MR) is 131 cm³/mol. The van der Waals surface area contributed by atoms with E-state index in [9.17, 15) is 14.2 Å². The van der Waals surface area contributed by atoms with Crippen LogP contribution in [0.25, 0.3) is 0 Å². The Morgan fingerprint density at radius 3 is 1.74 bits per heavy atom. The summed E-state index contributed by atoms with van der Waals surface area (Å²) in [6.07, 6.45) is 0. The predicted octanol–water partition coefficient (Wildman–Crippen LogP) is 5.70. The highest BCUT2D eigenvalue weighted by molar-refractivity contribution is 8.01. The lowest BCUT2D eigenvalue weighted by Crippen LogP contribution is -2.22. The zero-order valence-electron chi connectivity index (χ0n) is 18.8. The first-order chi connectivity index (χ1) is 16.2. The maximum atomic E-state index is 14.6. The Labute approximate surface area is 206 Å². The molecular formula is C24H21Cl2O7P. The highest BCUT2D eigenvalue weighted by atomic mass is 35.5. The number of carbonyl (C=O) groups excluding carboxylic acids is 2. The molecule has 0 amide bonds. The van der Waals surface area contributed by atoms with Crippen LogP contribution in [0.4, 0.5) is 0 Å². The maximum Gasteiger partial charge on any atom is 0.249 e. The number of ether oxygens (including phenoxy) is 4. The summed E-state index contributed by atoms with van der Waals surface area (Å²) in [4.78, 5) is 28.0. The van der Waals surface area contributed by atoms with E-state index in [0.29, 0.717) is 5.75 Å². The number of methoxy groups -OCH3 is 4. The van der Waals surface area contributed by atoms with E-state index in [2.05, 4.69) is 0 Å². The smallest absolute Gasteiger partial charge is 0.249 e. The van der Waals surface area contributed by atoms with Gasteiger partial charge in [0.1, 0.15) is 28.6 Å². The molecule has 0 aliphatic rings. The average Bonchev–Trinajstić information content (AvgIpc) is 2.87. The third-order valence-electron chi connectivity index (χ3n) is 5.10. The molecule has 0 spiro atoms. The van der Waals surface area contributed by atoms with Crippen LogP contribution >= 0.6 is 30.3 Å². The number of hydrogen-bond acceptors (Lipinski definition) is 7. The SMILES string of the molecule is COc1cc(OC)c(C(=O)P(=O)(C(=O)c2c(Cl)ccc(Cl)c2OC)c2ccccc2)c(OC)c1. The Hall–Kier alpha value is -2.99. The molecule has 0 saturated heterocycles. The molecule has 178 valence electrons. The first-order valence-electron chi connectivity index (χ1n) is 9.82. The van der Waals surface area contributed by atoms with Crippen LogP contribution in [0.15, 0.2) is 54.6 Å². The molecule has 34 heavy (non-hydrogen) atoms. The van der Waals surface area contributed by atoms with Crippen LogP contribution in [0, 0.1) is 0 Å². The molecule has 1 atom stereocenters. The van der Waals surface area contributed by atoms with Crippen LogP contribution < -0.4 is 24.3 Å². The van der Waals surface area contributed by atoms with Gasteiger partial charge >= 0.3 is 0 Å². The summed E-state index contributed by atoms with van der Waals surface area (Å²) in [6.45, 7) is 0. The number of benzene rings is 3. The van der Waals surface area contributed by atoms with E-state index in [1.165, 1.54) is 64.8 Å². The lowest BCUT2D eigenvalue weighted by Gasteiger charge is -2.21. The van der Waals surface area contributed by atoms with Crippen molar-refractivity contribution in [2.45, 2.75) is 0 Å². The molecule has 0 bridgehead atoms. The zero-order chi connectivity index (χ0) is 25.0. The Morgan fingerprint density at radius 2 is 1.24 bits per heavy atom. The highest BCUT2D eigenvalue weighted by Gasteiger charge is 2.47. The number of halogens is 2. The lowest BCUT2D eigenvalue weighted by molar-refractivity contribution is 0.103. The van der Waals surface area contributed by atoms with E-state index in [1.54, 1.807) is 18.2 Å². The molecular weight excluding hydrogens is 502 g/mol. The Balaban J connectivity index is 2.37. The van der Waals surface area contributed by atoms with Gasteiger partial charge in [0.05, 0.1) is 44.0 Å². The molecule has 1 unspecified atom stereocenters. The van der Waals surface area contributed by atoms with Crippen LogP contribution in [0.5, 0.6) is 23.0 Å². The van der Waals surface area contributed by atoms with E-state index < -0.39 is 18.2 Å². The van der Waals surface area contributed by atoms with Gasteiger partial charge in [-0.25, -0.2) is 0 Å². The van der Waals surface area contributed by atoms with Crippen molar-refractivity contribution in [1.82, 2.24) is 0 Å². The molecule has 3 aromatic carbocycles. The molecule has 10 heteroatoms. The van der Waals surface area contributed by atoms with Crippen LogP contribution in [-0.4, -0.2) is 39.5 Å². The molecule has 0 saturated carbocycles. The largest absolute Gasteiger partial charge is 0.496 e. The molecule has 0 radical (unpaired) electrons. The molecule has 0 aliphatic heterocycles. The van der Waals surface area contributed by atoms with Crippen molar-refractivity contribution in [3.05, 3.63) is 75.8 Å². The van der Waals surface area contributed by atoms with E-state index in [-0.39, 0.29) is 43.7 Å². The zero-order valence-corrected chi connectivity index (χ0v) is 21.2. The minimum absolute atomic E-state index is 0.00280. The molecule has 0 N–H and O–H groups in total. The third-order valence-corrected chi connectivity index (χ3v) is 8.33. The van der Waals surface area contributed by atoms with Gasteiger partial charge in [0.2, 0.25) is 18.2 Å². The van der Waals surface area contributed by atoms with Gasteiger partial charge in [-0.15, -0.1) is 0 Å². The fraction of sp³-hybridized carbons (Fsp3) is 0.167. The standard InChI is InChI=1S/C24H21Cl2O7P/c1-30-14-12-18(31-2)21(19(13-14)32-3)24(28)34(29,15-8-6-5-7-9-15)23(27)20-16(25)10-11-17(26)22(20)33-4/h5-13H,1-4H3. The van der Waals surface area contributed by atoms with Gasteiger partial charge in [-0.05, 0) is 12.1 Å². The molecule has 7 nitrogen and oxygen atoms in total. The van der Waals surface area contributed by atoms with Gasteiger partial charge in [-0.2, -0.15) is 0 Å². The average molecular weight is 523 g/mol. The first kappa shape index (κ1) is 25.6. The van der Waals surface area contributed by atoms with Crippen LogP contribution in [-0.2, 0) is 4.57 Å². The summed E-state index contributed by atoms with van der Waals surface area (Å²) in [7, 11) is 0.794. The summed E-state index contributed by atoms with van der Waals surface area (Å²) in [5, 5.41) is 0.00815. The van der Waals surface area contributed by atoms with E-state index in [4.69, 9.17) is 42.1 Å². The van der Waals surface area contributed by atoms with Crippen molar-refractivity contribution in [1.29, 1.82) is 0 Å². The van der Waals surface area contributed by atoms with Gasteiger partial charge in [0.15, 0.2) is 0 Å². The van der Waals surface area contributed by atoms with Crippen molar-refractivity contribution in [2.24, 2.45) is 0 Å². The Kier molecular flexibility index (Phi) is 7.93. The second-order valence-corrected chi connectivity index (χ2v) is 10.3. The first-order valence-corrected chi connectivity index (χ1v) is 12.3. The fourth-order valence-corrected chi connectivity index (χ4v) is 6.28. The minimum atomic E-state index is -4.59. The van der Waals surface area contributed by atoms with E-state index in [1.807, 2.05) is 0 Å². The summed E-state index contributed by atoms with van der Waals surface area (Å²) >= 11 is 12.5. The van der Waals surface area contributed by atoms with Crippen LogP contribution in [0.1, 0.15) is 20.7 Å². The second-order valence-electron chi connectivity index (χ2n) is 6.90. The van der Waals surface area contributed by atoms with Gasteiger partial charge < -0.3 is 23.5 Å². The van der Waals surface area contributed by atoms with Gasteiger partial charge in [0.25, 0.3) is 0 Å². The Bertz CT molecular complexity index is 1270. The molecule has 3 aromatic rings. The molecule has 0 aliphatic carbocycles. The topological polar surface area (TPSA) is 88.1 Å². The second kappa shape index (κ2) is 10.5. The molecule has 0 fully saturated rings. The summed E-state index contributed by atoms with van der Waals surface area (Å²) in [6, 6.07) is 13.4. The number of carbonyl (C=O) groups is 2. The van der Waals surface area contributed by atoms with Crippen LogP contribution in [0.3, 0.4) is 0 Å². The summed E-state index contributed by atoms with van der Waals surface area (Å²) < 4.78 is 35.9. The number of hydrogen-bond donors (Lipinski definition) is 0. The normalized spacial score (nSPS) is 12.4. The van der Waals surface area contributed by atoms with Crippen molar-refractivity contribution in [3.63, 3.8) is 0 Å². The maximum absolute atomic E-state index is 14.6. The monoisotopic (exact) mass is 522 g/mol. The van der Waals surface area contributed by atoms with Crippen molar-refractivity contribution in [3.8, 4) is 23.0 Å². The lowest BCUT2D eigenvalue weighted by atomic mass is 10.2. The fourth-order valence-electron chi connectivity index (χ4n) is 3.43. The molecule has 0 aromatic heterocycles. The van der Waals surface area contributed by atoms with E-state index in [0.717, 1.165) is 0 Å². The molecule has 0 heterocycles. The van der Waals surface area contributed by atoms with Crippen molar-refractivity contribution < 1.29 is 33.1 Å². The van der Waals surface area contributed by atoms with Gasteiger partial charge in [0, 0.05) is 17.4 Å². The van der Waals surface area contributed by atoms with Gasteiger partial charge in [-0.1, -0.05) is 53.5 Å². The summed E-state index contributed by atoms with van der Waals surface area (Å²) in [5.41, 5.74) is -2.47. The van der Waals surface area contributed by atoms with Crippen LogP contribution in [0.2, 0.25) is 10.0 Å². The summed E-state index contributed by atoms with van der Waals surface area (Å²) in [5.74, 6) is 0.297. The van der Waals surface area contributed by atoms with Crippen molar-refractivity contribution in [2.75, 3.05) is 28.4 Å². The quantitative estimate of drug-likeness (QED) is 0.333. The third kappa shape index (κ3) is 4.39. The Morgan fingerprint density at radius 1 is 0.706 bits per heavy atom. The molecule has 3 rings (SSSR count). The minimum Gasteiger partial charge on any atom is -0.496 e. The van der Waals surface area contributed by atoms with E-state index >= 15 is 0 Å². The number of rotatable bonds is 9. The highest BCUT2D eigenvalue weighted by Crippen LogP contribution is 2.56. The van der Waals surface area contributed by atoms with Crippen molar-refractivity contribution >= 4 is 46.7 Å². The van der Waals surface area contributed by atoms with Gasteiger partial charge in [-0.3, -0.25) is 9.59 Å².